The zero-order valence-electron chi connectivity index (χ0n) is 18.8. The standard InChI is InChI=1S/C26H30N2O5/c1-16(13-24(29)28-18-8-6-7-17(14-18)25(30)31)27-26(32)33-15-23-21-11-4-2-9-19(21)20-10-3-5-12-22(20)23/h2-5,9-12,16-18,23H,6-8,13-15H2,1H3,(H,27,32)(H,28,29)(H,30,31)/t16-,17-,18+/m1/s1. The number of ether oxygens (including phenoxy) is 1. The number of carbonyl (C=O) groups is 3. The molecule has 2 aliphatic carbocycles. The van der Waals surface area contributed by atoms with Crippen LogP contribution in [-0.4, -0.2) is 41.8 Å². The van der Waals surface area contributed by atoms with Gasteiger partial charge in [0.15, 0.2) is 0 Å². The van der Waals surface area contributed by atoms with E-state index in [2.05, 4.69) is 34.9 Å². The number of aliphatic carboxylic acids is 1. The fourth-order valence-corrected chi connectivity index (χ4v) is 5.00. The molecule has 2 aromatic carbocycles. The molecule has 1 saturated carbocycles. The van der Waals surface area contributed by atoms with E-state index in [1.54, 1.807) is 6.92 Å². The maximum Gasteiger partial charge on any atom is 0.407 e. The summed E-state index contributed by atoms with van der Waals surface area (Å²) in [6.07, 6.45) is 2.23. The Bertz CT molecular complexity index is 991. The number of hydrogen-bond acceptors (Lipinski definition) is 4. The monoisotopic (exact) mass is 450 g/mol. The average molecular weight is 451 g/mol. The van der Waals surface area contributed by atoms with Gasteiger partial charge in [-0.15, -0.1) is 0 Å². The lowest BCUT2D eigenvalue weighted by atomic mass is 9.85. The van der Waals surface area contributed by atoms with Crippen LogP contribution in [0.15, 0.2) is 48.5 Å². The van der Waals surface area contributed by atoms with Crippen molar-refractivity contribution in [2.75, 3.05) is 6.61 Å². The number of rotatable bonds is 7. The number of fused-ring (bicyclic) bond motifs is 3. The smallest absolute Gasteiger partial charge is 0.407 e. The zero-order valence-corrected chi connectivity index (χ0v) is 18.8. The highest BCUT2D eigenvalue weighted by molar-refractivity contribution is 5.80. The fraction of sp³-hybridized carbons (Fsp3) is 0.423. The van der Waals surface area contributed by atoms with Gasteiger partial charge in [-0.1, -0.05) is 55.0 Å². The van der Waals surface area contributed by atoms with Crippen LogP contribution in [0.1, 0.15) is 56.1 Å². The van der Waals surface area contributed by atoms with Crippen LogP contribution in [0.2, 0.25) is 0 Å². The molecule has 0 unspecified atom stereocenters. The van der Waals surface area contributed by atoms with Crippen molar-refractivity contribution in [3.63, 3.8) is 0 Å². The van der Waals surface area contributed by atoms with Crippen molar-refractivity contribution in [2.24, 2.45) is 5.92 Å². The molecule has 0 spiro atoms. The molecule has 0 saturated heterocycles. The van der Waals surface area contributed by atoms with E-state index in [1.807, 2.05) is 24.3 Å². The van der Waals surface area contributed by atoms with Gasteiger partial charge >= 0.3 is 12.1 Å². The van der Waals surface area contributed by atoms with Crippen molar-refractivity contribution in [3.8, 4) is 11.1 Å². The lowest BCUT2D eigenvalue weighted by Crippen LogP contribution is -2.43. The van der Waals surface area contributed by atoms with Gasteiger partial charge in [-0.05, 0) is 48.4 Å². The van der Waals surface area contributed by atoms with Gasteiger partial charge in [-0.3, -0.25) is 9.59 Å². The van der Waals surface area contributed by atoms with Gasteiger partial charge in [-0.25, -0.2) is 4.79 Å². The Kier molecular flexibility index (Phi) is 6.96. The van der Waals surface area contributed by atoms with Crippen LogP contribution in [0.5, 0.6) is 0 Å². The summed E-state index contributed by atoms with van der Waals surface area (Å²) in [5.41, 5.74) is 4.62. The molecule has 3 atom stereocenters. The van der Waals surface area contributed by atoms with E-state index in [9.17, 15) is 19.5 Å². The Morgan fingerprint density at radius 3 is 2.30 bits per heavy atom. The Morgan fingerprint density at radius 2 is 1.67 bits per heavy atom. The van der Waals surface area contributed by atoms with Gasteiger partial charge < -0.3 is 20.5 Å². The van der Waals surface area contributed by atoms with E-state index in [1.165, 1.54) is 11.1 Å². The second kappa shape index (κ2) is 10.1. The van der Waals surface area contributed by atoms with Crippen LogP contribution in [-0.2, 0) is 14.3 Å². The van der Waals surface area contributed by atoms with Gasteiger partial charge in [0.25, 0.3) is 0 Å². The van der Waals surface area contributed by atoms with Crippen molar-refractivity contribution in [3.05, 3.63) is 59.7 Å². The Morgan fingerprint density at radius 1 is 1.03 bits per heavy atom. The minimum absolute atomic E-state index is 0.0183. The summed E-state index contributed by atoms with van der Waals surface area (Å²) >= 11 is 0. The van der Waals surface area contributed by atoms with E-state index in [-0.39, 0.29) is 30.9 Å². The summed E-state index contributed by atoms with van der Waals surface area (Å²) in [7, 11) is 0. The molecule has 33 heavy (non-hydrogen) atoms. The molecule has 2 aliphatic rings. The molecule has 0 heterocycles. The third-order valence-electron chi connectivity index (χ3n) is 6.59. The minimum Gasteiger partial charge on any atom is -0.481 e. The highest BCUT2D eigenvalue weighted by Gasteiger charge is 2.30. The van der Waals surface area contributed by atoms with Crippen molar-refractivity contribution >= 4 is 18.0 Å². The first-order chi connectivity index (χ1) is 15.9. The van der Waals surface area contributed by atoms with Crippen molar-refractivity contribution < 1.29 is 24.2 Å². The normalized spacial score (nSPS) is 20.3. The fourth-order valence-electron chi connectivity index (χ4n) is 5.00. The molecule has 7 nitrogen and oxygen atoms in total. The Labute approximate surface area is 193 Å². The number of alkyl carbamates (subject to hydrolysis) is 1. The number of carbonyl (C=O) groups excluding carboxylic acids is 2. The lowest BCUT2D eigenvalue weighted by molar-refractivity contribution is -0.143. The molecular formula is C26H30N2O5. The lowest BCUT2D eigenvalue weighted by Gasteiger charge is -2.27. The molecule has 1 fully saturated rings. The third kappa shape index (κ3) is 5.35. The first kappa shape index (κ1) is 22.8. The predicted molar refractivity (Wildman–Crippen MR) is 124 cm³/mol. The quantitative estimate of drug-likeness (QED) is 0.590. The number of carboxylic acid groups (broad SMARTS) is 1. The number of amides is 2. The number of nitrogens with one attached hydrogen (secondary N) is 2. The van der Waals surface area contributed by atoms with E-state index < -0.39 is 24.0 Å². The minimum atomic E-state index is -0.806. The van der Waals surface area contributed by atoms with Gasteiger partial charge in [0, 0.05) is 24.4 Å². The Hall–Kier alpha value is -3.35. The first-order valence-electron chi connectivity index (χ1n) is 11.6. The maximum atomic E-state index is 12.4. The van der Waals surface area contributed by atoms with Gasteiger partial charge in [0.2, 0.25) is 5.91 Å². The molecule has 2 amide bonds. The molecule has 2 aromatic rings. The predicted octanol–water partition coefficient (Wildman–Crippen LogP) is 4.06. The molecule has 0 bridgehead atoms. The molecule has 7 heteroatoms. The van der Waals surface area contributed by atoms with E-state index >= 15 is 0 Å². The summed E-state index contributed by atoms with van der Waals surface area (Å²) in [6.45, 7) is 1.97. The summed E-state index contributed by atoms with van der Waals surface area (Å²) in [6, 6.07) is 15.8. The largest absolute Gasteiger partial charge is 0.481 e. The van der Waals surface area contributed by atoms with Crippen LogP contribution in [0, 0.1) is 5.92 Å². The third-order valence-corrected chi connectivity index (χ3v) is 6.59. The van der Waals surface area contributed by atoms with Crippen molar-refractivity contribution in [1.29, 1.82) is 0 Å². The summed E-state index contributed by atoms with van der Waals surface area (Å²) < 4.78 is 5.54. The highest BCUT2D eigenvalue weighted by atomic mass is 16.5. The topological polar surface area (TPSA) is 105 Å². The van der Waals surface area contributed by atoms with Crippen LogP contribution in [0.3, 0.4) is 0 Å². The summed E-state index contributed by atoms with van der Waals surface area (Å²) in [5, 5.41) is 14.8. The van der Waals surface area contributed by atoms with Gasteiger partial charge in [0.05, 0.1) is 5.92 Å². The maximum absolute atomic E-state index is 12.4. The highest BCUT2D eigenvalue weighted by Crippen LogP contribution is 2.44. The van der Waals surface area contributed by atoms with Crippen LogP contribution >= 0.6 is 0 Å². The van der Waals surface area contributed by atoms with Crippen LogP contribution in [0.4, 0.5) is 4.79 Å². The molecule has 0 aromatic heterocycles. The number of benzene rings is 2. The van der Waals surface area contributed by atoms with Crippen molar-refractivity contribution in [2.45, 2.75) is 57.0 Å². The first-order valence-corrected chi connectivity index (χ1v) is 11.6. The molecule has 174 valence electrons. The van der Waals surface area contributed by atoms with Gasteiger partial charge in [-0.2, -0.15) is 0 Å². The summed E-state index contributed by atoms with van der Waals surface area (Å²) in [5.74, 6) is -1.42. The SMILES string of the molecule is C[C@H](CC(=O)N[C@H]1CCC[C@@H](C(=O)O)C1)NC(=O)OCC1c2ccccc2-c2ccccc21. The van der Waals surface area contributed by atoms with Crippen LogP contribution < -0.4 is 10.6 Å². The second-order valence-electron chi connectivity index (χ2n) is 9.04. The molecule has 0 aliphatic heterocycles. The number of carboxylic acids is 1. The van der Waals surface area contributed by atoms with E-state index in [0.29, 0.717) is 12.8 Å². The van der Waals surface area contributed by atoms with Crippen LogP contribution in [0.25, 0.3) is 11.1 Å². The van der Waals surface area contributed by atoms with E-state index in [0.717, 1.165) is 24.0 Å². The number of hydrogen-bond donors (Lipinski definition) is 3. The van der Waals surface area contributed by atoms with Crippen molar-refractivity contribution in [1.82, 2.24) is 10.6 Å². The molecule has 0 radical (unpaired) electrons. The zero-order chi connectivity index (χ0) is 23.4. The Balaban J connectivity index is 1.25. The molecule has 4 rings (SSSR count). The van der Waals surface area contributed by atoms with Gasteiger partial charge in [0.1, 0.15) is 6.61 Å². The average Bonchev–Trinajstić information content (AvgIpc) is 3.11. The summed E-state index contributed by atoms with van der Waals surface area (Å²) in [4.78, 5) is 36.0. The molecular weight excluding hydrogens is 420 g/mol. The second-order valence-corrected chi connectivity index (χ2v) is 9.04. The van der Waals surface area contributed by atoms with E-state index in [4.69, 9.17) is 4.74 Å². The molecule has 3 N–H and O–H groups in total.